The average Bonchev–Trinajstić information content (AvgIpc) is 3.41. The zero-order valence-corrected chi connectivity index (χ0v) is 53.1. The fourth-order valence-electron chi connectivity index (χ4n) is 11.2. The van der Waals surface area contributed by atoms with E-state index in [4.69, 9.17) is 14.2 Å². The zero-order chi connectivity index (χ0) is 56.0. The summed E-state index contributed by atoms with van der Waals surface area (Å²) in [6, 6.07) is 0. The van der Waals surface area contributed by atoms with Crippen LogP contribution in [0.3, 0.4) is 0 Å². The van der Waals surface area contributed by atoms with E-state index in [-0.39, 0.29) is 31.1 Å². The molecule has 0 aliphatic carbocycles. The minimum atomic E-state index is -0.764. The first-order chi connectivity index (χ1) is 37.7. The van der Waals surface area contributed by atoms with Crippen molar-refractivity contribution in [3.63, 3.8) is 0 Å². The van der Waals surface area contributed by atoms with E-state index in [9.17, 15) is 14.4 Å². The predicted molar refractivity (Wildman–Crippen MR) is 335 cm³/mol. The molecule has 0 aromatic carbocycles. The standard InChI is InChI=1S/C71H138O6/c1-6-7-8-9-10-11-12-13-14-19-26-31-36-41-46-51-56-61-69(72)75-64-68(77-71(74)63-58-53-48-43-38-33-28-23-18-16-21-25-30-35-40-45-50-55-60-67(4)5)65-76-70(73)62-57-52-47-42-37-32-27-22-17-15-20-24-29-34-39-44-49-54-59-66(2)3/h66-68H,6-65H2,1-5H3/t68-/m0/s1. The Morgan fingerprint density at radius 3 is 0.636 bits per heavy atom. The van der Waals surface area contributed by atoms with Crippen molar-refractivity contribution in [2.24, 2.45) is 11.8 Å². The van der Waals surface area contributed by atoms with Gasteiger partial charge in [-0.1, -0.05) is 369 Å². The third-order valence-electron chi connectivity index (χ3n) is 16.5. The second kappa shape index (κ2) is 63.6. The molecule has 458 valence electrons. The van der Waals surface area contributed by atoms with Gasteiger partial charge >= 0.3 is 17.9 Å². The van der Waals surface area contributed by atoms with Gasteiger partial charge in [0.15, 0.2) is 6.10 Å². The van der Waals surface area contributed by atoms with Gasteiger partial charge in [-0.3, -0.25) is 14.4 Å². The van der Waals surface area contributed by atoms with Gasteiger partial charge in [-0.15, -0.1) is 0 Å². The number of esters is 3. The SMILES string of the molecule is CCCCCCCCCCCCCCCCCCCC(=O)OC[C@@H](COC(=O)CCCCCCCCCCCCCCCCCCCCC(C)C)OC(=O)CCCCCCCCCCCCCCCCCCCCC(C)C. The van der Waals surface area contributed by atoms with Gasteiger partial charge in [0.1, 0.15) is 13.2 Å². The van der Waals surface area contributed by atoms with Gasteiger partial charge in [0.05, 0.1) is 0 Å². The fraction of sp³-hybridized carbons (Fsp3) is 0.958. The summed E-state index contributed by atoms with van der Waals surface area (Å²) < 4.78 is 17.0. The van der Waals surface area contributed by atoms with Crippen LogP contribution < -0.4 is 0 Å². The number of ether oxygens (including phenoxy) is 3. The summed E-state index contributed by atoms with van der Waals surface area (Å²) in [6.07, 6.45) is 72.6. The Bertz CT molecular complexity index is 1180. The Morgan fingerprint density at radius 1 is 0.247 bits per heavy atom. The van der Waals surface area contributed by atoms with Crippen molar-refractivity contribution in [2.75, 3.05) is 13.2 Å². The molecule has 0 bridgehead atoms. The zero-order valence-electron chi connectivity index (χ0n) is 53.1. The molecule has 0 heterocycles. The van der Waals surface area contributed by atoms with E-state index in [1.807, 2.05) is 0 Å². The van der Waals surface area contributed by atoms with E-state index in [1.165, 1.54) is 295 Å². The van der Waals surface area contributed by atoms with E-state index in [0.29, 0.717) is 19.3 Å². The van der Waals surface area contributed by atoms with Crippen LogP contribution in [0, 0.1) is 11.8 Å². The van der Waals surface area contributed by atoms with Crippen LogP contribution in [0.1, 0.15) is 407 Å². The van der Waals surface area contributed by atoms with Crippen LogP contribution in [0.5, 0.6) is 0 Å². The number of rotatable bonds is 65. The minimum Gasteiger partial charge on any atom is -0.462 e. The quantitative estimate of drug-likeness (QED) is 0.0343. The molecule has 0 aliphatic heterocycles. The predicted octanol–water partition coefficient (Wildman–Crippen LogP) is 23.9. The highest BCUT2D eigenvalue weighted by Gasteiger charge is 2.20. The van der Waals surface area contributed by atoms with Gasteiger partial charge in [-0.05, 0) is 31.1 Å². The summed E-state index contributed by atoms with van der Waals surface area (Å²) in [4.78, 5) is 38.5. The smallest absolute Gasteiger partial charge is 0.306 e. The Balaban J connectivity index is 4.27. The molecule has 1 atom stereocenters. The highest BCUT2D eigenvalue weighted by atomic mass is 16.6. The van der Waals surface area contributed by atoms with Crippen LogP contribution in [0.2, 0.25) is 0 Å². The van der Waals surface area contributed by atoms with Crippen molar-refractivity contribution in [3.8, 4) is 0 Å². The monoisotopic (exact) mass is 1090 g/mol. The summed E-state index contributed by atoms with van der Waals surface area (Å²) in [7, 11) is 0. The third kappa shape index (κ3) is 65.1. The van der Waals surface area contributed by atoms with E-state index in [0.717, 1.165) is 69.6 Å². The summed E-state index contributed by atoms with van der Waals surface area (Å²) in [5, 5.41) is 0. The van der Waals surface area contributed by atoms with Gasteiger partial charge in [-0.2, -0.15) is 0 Å². The molecule has 0 saturated heterocycles. The topological polar surface area (TPSA) is 78.9 Å². The Kier molecular flexibility index (Phi) is 62.3. The molecule has 0 radical (unpaired) electrons. The largest absolute Gasteiger partial charge is 0.462 e. The van der Waals surface area contributed by atoms with Gasteiger partial charge < -0.3 is 14.2 Å². The Hall–Kier alpha value is -1.59. The third-order valence-corrected chi connectivity index (χ3v) is 16.5. The summed E-state index contributed by atoms with van der Waals surface area (Å²) >= 11 is 0. The lowest BCUT2D eigenvalue weighted by Gasteiger charge is -2.18. The maximum Gasteiger partial charge on any atom is 0.306 e. The molecule has 0 spiro atoms. The van der Waals surface area contributed by atoms with Gasteiger partial charge in [0.2, 0.25) is 0 Å². The number of hydrogen-bond acceptors (Lipinski definition) is 6. The second-order valence-electron chi connectivity index (χ2n) is 25.5. The van der Waals surface area contributed by atoms with Crippen molar-refractivity contribution in [2.45, 2.75) is 413 Å². The molecule has 0 aromatic rings. The van der Waals surface area contributed by atoms with Crippen LogP contribution in [0.4, 0.5) is 0 Å². The molecule has 0 amide bonds. The Labute approximate surface area is 482 Å². The number of carbonyl (C=O) groups is 3. The molecule has 77 heavy (non-hydrogen) atoms. The maximum atomic E-state index is 13.0. The van der Waals surface area contributed by atoms with Crippen molar-refractivity contribution < 1.29 is 28.6 Å². The van der Waals surface area contributed by atoms with Gasteiger partial charge in [0.25, 0.3) is 0 Å². The highest BCUT2D eigenvalue weighted by Crippen LogP contribution is 2.20. The van der Waals surface area contributed by atoms with Crippen molar-refractivity contribution in [3.05, 3.63) is 0 Å². The molecular formula is C71H138O6. The van der Waals surface area contributed by atoms with Crippen LogP contribution in [0.15, 0.2) is 0 Å². The second-order valence-corrected chi connectivity index (χ2v) is 25.5. The number of unbranched alkanes of at least 4 members (excludes halogenated alkanes) is 50. The molecule has 6 nitrogen and oxygen atoms in total. The van der Waals surface area contributed by atoms with E-state index in [2.05, 4.69) is 34.6 Å². The average molecular weight is 1090 g/mol. The van der Waals surface area contributed by atoms with Crippen LogP contribution in [-0.2, 0) is 28.6 Å². The van der Waals surface area contributed by atoms with Crippen LogP contribution in [-0.4, -0.2) is 37.2 Å². The molecule has 0 aliphatic rings. The molecule has 0 N–H and O–H groups in total. The normalized spacial score (nSPS) is 12.0. The van der Waals surface area contributed by atoms with Crippen LogP contribution >= 0.6 is 0 Å². The molecular weight excluding hydrogens is 949 g/mol. The number of carbonyl (C=O) groups excluding carboxylic acids is 3. The maximum absolute atomic E-state index is 13.0. The van der Waals surface area contributed by atoms with Crippen molar-refractivity contribution in [1.29, 1.82) is 0 Å². The first-order valence-corrected chi connectivity index (χ1v) is 35.2. The minimum absolute atomic E-state index is 0.0611. The lowest BCUT2D eigenvalue weighted by molar-refractivity contribution is -0.167. The van der Waals surface area contributed by atoms with E-state index in [1.54, 1.807) is 0 Å². The number of hydrogen-bond donors (Lipinski definition) is 0. The first-order valence-electron chi connectivity index (χ1n) is 35.2. The first kappa shape index (κ1) is 75.4. The van der Waals surface area contributed by atoms with Crippen molar-refractivity contribution in [1.82, 2.24) is 0 Å². The molecule has 0 aromatic heterocycles. The molecule has 0 fully saturated rings. The van der Waals surface area contributed by atoms with Gasteiger partial charge in [-0.25, -0.2) is 0 Å². The lowest BCUT2D eigenvalue weighted by Crippen LogP contribution is -2.30. The summed E-state index contributed by atoms with van der Waals surface area (Å²) in [6.45, 7) is 11.5. The Morgan fingerprint density at radius 2 is 0.429 bits per heavy atom. The highest BCUT2D eigenvalue weighted by molar-refractivity contribution is 5.71. The molecule has 0 saturated carbocycles. The molecule has 0 unspecified atom stereocenters. The van der Waals surface area contributed by atoms with E-state index < -0.39 is 6.10 Å². The lowest BCUT2D eigenvalue weighted by atomic mass is 10.0. The summed E-state index contributed by atoms with van der Waals surface area (Å²) in [5.74, 6) is 0.894. The van der Waals surface area contributed by atoms with Crippen molar-refractivity contribution >= 4 is 17.9 Å². The molecule has 6 heteroatoms. The fourth-order valence-corrected chi connectivity index (χ4v) is 11.2. The summed E-state index contributed by atoms with van der Waals surface area (Å²) in [5.41, 5.74) is 0. The molecule has 0 rings (SSSR count). The van der Waals surface area contributed by atoms with Crippen LogP contribution in [0.25, 0.3) is 0 Å². The van der Waals surface area contributed by atoms with E-state index >= 15 is 0 Å². The van der Waals surface area contributed by atoms with Gasteiger partial charge in [0, 0.05) is 19.3 Å².